The summed E-state index contributed by atoms with van der Waals surface area (Å²) in [5.41, 5.74) is 5.10. The van der Waals surface area contributed by atoms with Crippen molar-refractivity contribution in [3.63, 3.8) is 0 Å². The van der Waals surface area contributed by atoms with Crippen LogP contribution in [0.5, 0.6) is 0 Å². The summed E-state index contributed by atoms with van der Waals surface area (Å²) in [6.07, 6.45) is 4.05. The molecule has 0 aliphatic carbocycles. The summed E-state index contributed by atoms with van der Waals surface area (Å²) in [7, 11) is 4.01. The van der Waals surface area contributed by atoms with Crippen LogP contribution in [0.15, 0.2) is 91.1 Å². The number of amides is 2. The number of piperidine rings is 1. The molecule has 3 aromatic carbocycles. The van der Waals surface area contributed by atoms with Crippen molar-refractivity contribution in [2.45, 2.75) is 18.8 Å². The average molecular weight is 490 g/mol. The third kappa shape index (κ3) is 4.51. The molecule has 1 aliphatic rings. The van der Waals surface area contributed by atoms with E-state index in [4.69, 9.17) is 4.98 Å². The van der Waals surface area contributed by atoms with Gasteiger partial charge in [-0.3, -0.25) is 0 Å². The van der Waals surface area contributed by atoms with E-state index >= 15 is 0 Å². The quantitative estimate of drug-likeness (QED) is 0.308. The number of likely N-dealkylation sites (tertiary alicyclic amines) is 1. The Balaban J connectivity index is 1.27. The fourth-order valence-electron chi connectivity index (χ4n) is 5.32. The number of carbonyl (C=O) groups excluding carboxylic acids is 1. The molecule has 0 saturated carbocycles. The topological polar surface area (TPSA) is 52.9 Å². The van der Waals surface area contributed by atoms with Gasteiger partial charge in [-0.15, -0.1) is 0 Å². The molecule has 1 saturated heterocycles. The molecular formula is C31H31N5O. The molecule has 6 rings (SSSR count). The molecule has 2 amide bonds. The van der Waals surface area contributed by atoms with Gasteiger partial charge in [0.05, 0.1) is 11.2 Å². The lowest BCUT2D eigenvalue weighted by molar-refractivity contribution is 0.191. The fraction of sp³-hybridized carbons (Fsp3) is 0.226. The number of fused-ring (bicyclic) bond motifs is 2. The molecule has 186 valence electrons. The van der Waals surface area contributed by atoms with Gasteiger partial charge >= 0.3 is 6.03 Å². The third-order valence-corrected chi connectivity index (χ3v) is 7.31. The summed E-state index contributed by atoms with van der Waals surface area (Å²) < 4.78 is 2.20. The molecule has 0 unspecified atom stereocenters. The number of nitrogens with one attached hydrogen (secondary N) is 1. The van der Waals surface area contributed by atoms with Gasteiger partial charge in [-0.25, -0.2) is 9.78 Å². The largest absolute Gasteiger partial charge is 0.378 e. The molecule has 5 aromatic rings. The molecular weight excluding hydrogens is 458 g/mol. The summed E-state index contributed by atoms with van der Waals surface area (Å²) in [6, 6.07) is 29.1. The van der Waals surface area contributed by atoms with Crippen LogP contribution in [0.4, 0.5) is 16.2 Å². The fourth-order valence-corrected chi connectivity index (χ4v) is 5.32. The summed E-state index contributed by atoms with van der Waals surface area (Å²) in [5.74, 6) is 1.19. The van der Waals surface area contributed by atoms with E-state index in [0.717, 1.165) is 53.4 Å². The Morgan fingerprint density at radius 2 is 1.73 bits per heavy atom. The first kappa shape index (κ1) is 23.1. The van der Waals surface area contributed by atoms with E-state index in [1.54, 1.807) is 0 Å². The average Bonchev–Trinajstić information content (AvgIpc) is 3.33. The second-order valence-electron chi connectivity index (χ2n) is 9.99. The van der Waals surface area contributed by atoms with Gasteiger partial charge < -0.3 is 19.5 Å². The Morgan fingerprint density at radius 1 is 0.946 bits per heavy atom. The van der Waals surface area contributed by atoms with Crippen molar-refractivity contribution in [3.8, 4) is 11.3 Å². The number of hydrogen-bond acceptors (Lipinski definition) is 3. The smallest absolute Gasteiger partial charge is 0.321 e. The van der Waals surface area contributed by atoms with Gasteiger partial charge in [0.2, 0.25) is 0 Å². The summed E-state index contributed by atoms with van der Waals surface area (Å²) >= 11 is 0. The Hall–Kier alpha value is -4.32. The lowest BCUT2D eigenvalue weighted by atomic mass is 9.97. The van der Waals surface area contributed by atoms with Crippen LogP contribution < -0.4 is 10.2 Å². The van der Waals surface area contributed by atoms with Crippen molar-refractivity contribution in [2.24, 2.45) is 0 Å². The number of hydrogen-bond donors (Lipinski definition) is 1. The zero-order chi connectivity index (χ0) is 25.4. The highest BCUT2D eigenvalue weighted by Crippen LogP contribution is 2.33. The summed E-state index contributed by atoms with van der Waals surface area (Å²) in [4.78, 5) is 22.3. The van der Waals surface area contributed by atoms with E-state index in [0.29, 0.717) is 6.54 Å². The van der Waals surface area contributed by atoms with Gasteiger partial charge in [-0.05, 0) is 66.1 Å². The normalized spacial score (nSPS) is 15.7. The van der Waals surface area contributed by atoms with Gasteiger partial charge in [0.1, 0.15) is 5.82 Å². The molecule has 6 nitrogen and oxygen atoms in total. The lowest BCUT2D eigenvalue weighted by Crippen LogP contribution is -2.42. The van der Waals surface area contributed by atoms with Crippen LogP contribution in [-0.4, -0.2) is 47.5 Å². The molecule has 37 heavy (non-hydrogen) atoms. The zero-order valence-electron chi connectivity index (χ0n) is 21.3. The predicted octanol–water partition coefficient (Wildman–Crippen LogP) is 6.63. The van der Waals surface area contributed by atoms with E-state index in [2.05, 4.69) is 70.5 Å². The molecule has 1 N–H and O–H groups in total. The maximum Gasteiger partial charge on any atom is 0.321 e. The number of carbonyl (C=O) groups is 1. The standard InChI is InChI=1S/C31H31N5O/c1-34(2)27-16-14-26(15-17-27)32-31(37)35-18-7-10-25(21-35)30-33-29(28-11-5-6-19-36(28)30)24-13-12-22-8-3-4-9-23(22)20-24/h3-6,8-9,11-17,19-20,25H,7,10,18,21H2,1-2H3,(H,32,37)/t25-/m1/s1. The predicted molar refractivity (Wildman–Crippen MR) is 151 cm³/mol. The van der Waals surface area contributed by atoms with Gasteiger partial charge in [0, 0.05) is 56.2 Å². The molecule has 0 radical (unpaired) electrons. The van der Waals surface area contributed by atoms with E-state index in [1.807, 2.05) is 54.2 Å². The maximum atomic E-state index is 13.2. The zero-order valence-corrected chi connectivity index (χ0v) is 21.3. The summed E-state index contributed by atoms with van der Waals surface area (Å²) in [5, 5.41) is 5.51. The highest BCUT2D eigenvalue weighted by Gasteiger charge is 2.28. The molecule has 0 bridgehead atoms. The van der Waals surface area contributed by atoms with Crippen molar-refractivity contribution >= 4 is 33.7 Å². The van der Waals surface area contributed by atoms with E-state index in [-0.39, 0.29) is 11.9 Å². The van der Waals surface area contributed by atoms with Crippen LogP contribution in [0.1, 0.15) is 24.6 Å². The van der Waals surface area contributed by atoms with Crippen LogP contribution in [0.25, 0.3) is 27.5 Å². The SMILES string of the molecule is CN(C)c1ccc(NC(=O)N2CCC[C@@H](c3nc(-c4ccc5ccccc5c4)c4ccccn34)C2)cc1. The molecule has 1 aliphatic heterocycles. The third-order valence-electron chi connectivity index (χ3n) is 7.31. The highest BCUT2D eigenvalue weighted by atomic mass is 16.2. The lowest BCUT2D eigenvalue weighted by Gasteiger charge is -2.32. The Morgan fingerprint density at radius 3 is 2.54 bits per heavy atom. The first-order valence-electron chi connectivity index (χ1n) is 12.9. The number of benzene rings is 3. The first-order chi connectivity index (χ1) is 18.1. The summed E-state index contributed by atoms with van der Waals surface area (Å²) in [6.45, 7) is 1.39. The number of urea groups is 1. The molecule has 1 atom stereocenters. The molecule has 0 spiro atoms. The van der Waals surface area contributed by atoms with Crippen molar-refractivity contribution in [1.29, 1.82) is 0 Å². The molecule has 3 heterocycles. The first-order valence-corrected chi connectivity index (χ1v) is 12.9. The molecule has 1 fully saturated rings. The van der Waals surface area contributed by atoms with Crippen LogP contribution >= 0.6 is 0 Å². The van der Waals surface area contributed by atoms with Gasteiger partial charge in [-0.1, -0.05) is 42.5 Å². The Bertz CT molecular complexity index is 1570. The van der Waals surface area contributed by atoms with E-state index in [1.165, 1.54) is 10.8 Å². The number of nitrogens with zero attached hydrogens (tertiary/aromatic N) is 4. The van der Waals surface area contributed by atoms with Crippen molar-refractivity contribution in [2.75, 3.05) is 37.4 Å². The van der Waals surface area contributed by atoms with Crippen LogP contribution in [-0.2, 0) is 0 Å². The second-order valence-corrected chi connectivity index (χ2v) is 9.99. The minimum absolute atomic E-state index is 0.0575. The minimum atomic E-state index is -0.0575. The number of imidazole rings is 1. The van der Waals surface area contributed by atoms with E-state index in [9.17, 15) is 4.79 Å². The number of rotatable bonds is 4. The number of pyridine rings is 1. The van der Waals surface area contributed by atoms with Crippen molar-refractivity contribution in [3.05, 3.63) is 97.0 Å². The highest BCUT2D eigenvalue weighted by molar-refractivity contribution is 5.90. The van der Waals surface area contributed by atoms with Gasteiger partial charge in [-0.2, -0.15) is 0 Å². The molecule has 6 heteroatoms. The monoisotopic (exact) mass is 489 g/mol. The van der Waals surface area contributed by atoms with E-state index < -0.39 is 0 Å². The molecule has 2 aromatic heterocycles. The van der Waals surface area contributed by atoms with Gasteiger partial charge in [0.25, 0.3) is 0 Å². The Kier molecular flexibility index (Phi) is 6.01. The Labute approximate surface area is 217 Å². The number of aromatic nitrogens is 2. The minimum Gasteiger partial charge on any atom is -0.378 e. The van der Waals surface area contributed by atoms with Crippen molar-refractivity contribution < 1.29 is 4.79 Å². The van der Waals surface area contributed by atoms with Crippen LogP contribution in [0, 0.1) is 0 Å². The van der Waals surface area contributed by atoms with Crippen molar-refractivity contribution in [1.82, 2.24) is 14.3 Å². The maximum absolute atomic E-state index is 13.2. The van der Waals surface area contributed by atoms with Gasteiger partial charge in [0.15, 0.2) is 0 Å². The van der Waals surface area contributed by atoms with Crippen LogP contribution in [0.2, 0.25) is 0 Å². The number of anilines is 2. The second kappa shape index (κ2) is 9.62. The van der Waals surface area contributed by atoms with Crippen LogP contribution in [0.3, 0.4) is 0 Å².